The monoisotopic (exact) mass is 443 g/mol. The van der Waals surface area contributed by atoms with Crippen molar-refractivity contribution in [3.8, 4) is 5.75 Å². The van der Waals surface area contributed by atoms with Gasteiger partial charge in [-0.05, 0) is 67.8 Å². The van der Waals surface area contributed by atoms with Crippen molar-refractivity contribution in [3.05, 3.63) is 58.6 Å². The Bertz CT molecular complexity index is 940. The summed E-state index contributed by atoms with van der Waals surface area (Å²) in [7, 11) is 0. The highest BCUT2D eigenvalue weighted by atomic mass is 35.5. The lowest BCUT2D eigenvalue weighted by Crippen LogP contribution is -2.43. The van der Waals surface area contributed by atoms with Gasteiger partial charge in [-0.3, -0.25) is 25.2 Å². The Hall–Kier alpha value is -3.06. The van der Waals surface area contributed by atoms with Crippen LogP contribution in [0.15, 0.2) is 42.5 Å². The van der Waals surface area contributed by atoms with Crippen molar-refractivity contribution in [2.24, 2.45) is 5.92 Å². The zero-order chi connectivity index (χ0) is 22.2. The number of benzene rings is 2. The molecule has 0 aromatic heterocycles. The van der Waals surface area contributed by atoms with Crippen LogP contribution < -0.4 is 20.9 Å². The quantitative estimate of drug-likeness (QED) is 0.588. The number of hydrogen-bond donors (Lipinski definition) is 3. The Morgan fingerprint density at radius 3 is 2.39 bits per heavy atom. The number of carbonyl (C=O) groups is 3. The number of carbonyl (C=O) groups excluding carboxylic acids is 3. The van der Waals surface area contributed by atoms with E-state index in [9.17, 15) is 14.4 Å². The second kappa shape index (κ2) is 10.8. The van der Waals surface area contributed by atoms with E-state index in [1.807, 2.05) is 6.92 Å². The Morgan fingerprint density at radius 1 is 1.00 bits per heavy atom. The summed E-state index contributed by atoms with van der Waals surface area (Å²) in [6.07, 6.45) is 5.22. The maximum absolute atomic E-state index is 12.3. The van der Waals surface area contributed by atoms with E-state index in [2.05, 4.69) is 16.2 Å². The highest BCUT2D eigenvalue weighted by Gasteiger charge is 2.21. The van der Waals surface area contributed by atoms with E-state index in [0.29, 0.717) is 22.0 Å². The minimum Gasteiger partial charge on any atom is -0.483 e. The number of rotatable bonds is 6. The molecule has 0 saturated heterocycles. The number of ether oxygens (including phenoxy) is 1. The average molecular weight is 444 g/mol. The molecule has 1 aliphatic rings. The Labute approximate surface area is 186 Å². The van der Waals surface area contributed by atoms with Crippen LogP contribution >= 0.6 is 11.6 Å². The van der Waals surface area contributed by atoms with Crippen molar-refractivity contribution in [1.29, 1.82) is 0 Å². The van der Waals surface area contributed by atoms with E-state index in [1.54, 1.807) is 42.5 Å². The summed E-state index contributed by atoms with van der Waals surface area (Å²) in [4.78, 5) is 36.5. The summed E-state index contributed by atoms with van der Waals surface area (Å²) < 4.78 is 5.43. The minimum absolute atomic E-state index is 0.0279. The summed E-state index contributed by atoms with van der Waals surface area (Å²) in [5.41, 5.74) is 6.46. The number of hydrazine groups is 1. The van der Waals surface area contributed by atoms with E-state index in [-0.39, 0.29) is 18.4 Å². The van der Waals surface area contributed by atoms with Crippen molar-refractivity contribution < 1.29 is 19.1 Å². The molecule has 0 aliphatic heterocycles. The number of anilines is 1. The maximum atomic E-state index is 12.3. The molecule has 1 saturated carbocycles. The molecule has 0 bridgehead atoms. The van der Waals surface area contributed by atoms with E-state index < -0.39 is 11.8 Å². The third kappa shape index (κ3) is 6.72. The molecule has 0 spiro atoms. The molecule has 0 radical (unpaired) electrons. The lowest BCUT2D eigenvalue weighted by molar-refractivity contribution is -0.124. The van der Waals surface area contributed by atoms with Crippen molar-refractivity contribution in [3.63, 3.8) is 0 Å². The van der Waals surface area contributed by atoms with Crippen LogP contribution in [0.4, 0.5) is 5.69 Å². The summed E-state index contributed by atoms with van der Waals surface area (Å²) >= 11 is 5.89. The molecule has 2 aromatic carbocycles. The van der Waals surface area contributed by atoms with E-state index in [0.717, 1.165) is 31.2 Å². The third-order valence-electron chi connectivity index (χ3n) is 5.20. The van der Waals surface area contributed by atoms with Crippen LogP contribution in [-0.2, 0) is 9.59 Å². The van der Waals surface area contributed by atoms with Crippen LogP contribution in [-0.4, -0.2) is 24.3 Å². The van der Waals surface area contributed by atoms with Crippen LogP contribution in [0, 0.1) is 12.8 Å². The molecule has 1 fully saturated rings. The van der Waals surface area contributed by atoms with Crippen LogP contribution in [0.2, 0.25) is 5.02 Å². The summed E-state index contributed by atoms with van der Waals surface area (Å²) in [6, 6.07) is 11.6. The lowest BCUT2D eigenvalue weighted by Gasteiger charge is -2.20. The predicted molar refractivity (Wildman–Crippen MR) is 119 cm³/mol. The molecule has 164 valence electrons. The summed E-state index contributed by atoms with van der Waals surface area (Å²) in [5, 5.41) is 3.49. The van der Waals surface area contributed by atoms with Gasteiger partial charge in [-0.25, -0.2) is 0 Å². The van der Waals surface area contributed by atoms with Crippen molar-refractivity contribution in [2.75, 3.05) is 11.9 Å². The first-order chi connectivity index (χ1) is 14.9. The number of nitrogens with one attached hydrogen (secondary N) is 3. The second-order valence-corrected chi connectivity index (χ2v) is 8.04. The first kappa shape index (κ1) is 22.6. The molecule has 1 aliphatic carbocycles. The largest absolute Gasteiger partial charge is 0.483 e. The van der Waals surface area contributed by atoms with Gasteiger partial charge in [0.25, 0.3) is 11.8 Å². The van der Waals surface area contributed by atoms with E-state index in [4.69, 9.17) is 16.3 Å². The average Bonchev–Trinajstić information content (AvgIpc) is 2.78. The first-order valence-electron chi connectivity index (χ1n) is 10.3. The molecule has 3 amide bonds. The number of hydrogen-bond acceptors (Lipinski definition) is 4. The highest BCUT2D eigenvalue weighted by molar-refractivity contribution is 6.30. The standard InChI is InChI=1S/C23H26ClN3O4/c1-15-13-18(24)9-12-20(15)31-14-21(28)26-27-23(30)17-7-10-19(11-8-17)25-22(29)16-5-3-2-4-6-16/h7-13,16H,2-6,14H2,1H3,(H,25,29)(H,26,28)(H,27,30). The van der Waals surface area contributed by atoms with Gasteiger partial charge in [0.2, 0.25) is 5.91 Å². The second-order valence-electron chi connectivity index (χ2n) is 7.60. The molecule has 7 nitrogen and oxygen atoms in total. The van der Waals surface area contributed by atoms with Gasteiger partial charge in [-0.2, -0.15) is 0 Å². The van der Waals surface area contributed by atoms with Crippen molar-refractivity contribution in [2.45, 2.75) is 39.0 Å². The molecule has 0 unspecified atom stereocenters. The number of halogens is 1. The first-order valence-corrected chi connectivity index (χ1v) is 10.7. The smallest absolute Gasteiger partial charge is 0.276 e. The zero-order valence-electron chi connectivity index (χ0n) is 17.4. The summed E-state index contributed by atoms with van der Waals surface area (Å²) in [6.45, 7) is 1.57. The van der Waals surface area contributed by atoms with Gasteiger partial charge < -0.3 is 10.1 Å². The van der Waals surface area contributed by atoms with Crippen molar-refractivity contribution in [1.82, 2.24) is 10.9 Å². The SMILES string of the molecule is Cc1cc(Cl)ccc1OCC(=O)NNC(=O)c1ccc(NC(=O)C2CCCCC2)cc1. The number of aryl methyl sites for hydroxylation is 1. The molecule has 8 heteroatoms. The van der Waals surface area contributed by atoms with Crippen molar-refractivity contribution >= 4 is 35.0 Å². The third-order valence-corrected chi connectivity index (χ3v) is 5.44. The van der Waals surface area contributed by atoms with Gasteiger partial charge in [-0.1, -0.05) is 30.9 Å². The lowest BCUT2D eigenvalue weighted by atomic mass is 9.88. The fourth-order valence-electron chi connectivity index (χ4n) is 3.47. The zero-order valence-corrected chi connectivity index (χ0v) is 18.1. The van der Waals surface area contributed by atoms with E-state index >= 15 is 0 Å². The van der Waals surface area contributed by atoms with E-state index in [1.165, 1.54) is 6.42 Å². The molecule has 0 heterocycles. The minimum atomic E-state index is -0.501. The fourth-order valence-corrected chi connectivity index (χ4v) is 3.69. The Kier molecular flexibility index (Phi) is 7.89. The molecule has 31 heavy (non-hydrogen) atoms. The predicted octanol–water partition coefficient (Wildman–Crippen LogP) is 4.01. The van der Waals surface area contributed by atoms with Gasteiger partial charge in [0.05, 0.1) is 0 Å². The fraction of sp³-hybridized carbons (Fsp3) is 0.348. The van der Waals surface area contributed by atoms with Gasteiger partial charge in [0.1, 0.15) is 5.75 Å². The van der Waals surface area contributed by atoms with Gasteiger partial charge >= 0.3 is 0 Å². The number of amides is 3. The molecular formula is C23H26ClN3O4. The molecule has 0 atom stereocenters. The highest BCUT2D eigenvalue weighted by Crippen LogP contribution is 2.25. The van der Waals surface area contributed by atoms with Crippen LogP contribution in [0.3, 0.4) is 0 Å². The topological polar surface area (TPSA) is 96.5 Å². The van der Waals surface area contributed by atoms with Gasteiger partial charge in [-0.15, -0.1) is 0 Å². The maximum Gasteiger partial charge on any atom is 0.276 e. The van der Waals surface area contributed by atoms with Crippen LogP contribution in [0.1, 0.15) is 48.0 Å². The summed E-state index contributed by atoms with van der Waals surface area (Å²) in [5.74, 6) is -0.345. The Balaban J connectivity index is 1.43. The normalized spacial score (nSPS) is 13.9. The molecular weight excluding hydrogens is 418 g/mol. The molecule has 2 aromatic rings. The molecule has 3 rings (SSSR count). The van der Waals surface area contributed by atoms with Crippen LogP contribution in [0.25, 0.3) is 0 Å². The van der Waals surface area contributed by atoms with Gasteiger partial charge in [0.15, 0.2) is 6.61 Å². The Morgan fingerprint density at radius 2 is 1.71 bits per heavy atom. The van der Waals surface area contributed by atoms with Gasteiger partial charge in [0, 0.05) is 22.2 Å². The van der Waals surface area contributed by atoms with Crippen LogP contribution in [0.5, 0.6) is 5.75 Å². The molecule has 3 N–H and O–H groups in total.